The van der Waals surface area contributed by atoms with Crippen molar-refractivity contribution in [2.24, 2.45) is 12.8 Å². The summed E-state index contributed by atoms with van der Waals surface area (Å²) in [5.74, 6) is 0. The van der Waals surface area contributed by atoms with E-state index in [1.165, 1.54) is 5.56 Å². The zero-order valence-electron chi connectivity index (χ0n) is 9.31. The lowest BCUT2D eigenvalue weighted by atomic mass is 10.0. The van der Waals surface area contributed by atoms with Crippen LogP contribution in [0.5, 0.6) is 0 Å². The Hall–Kier alpha value is -1.13. The molecule has 1 aromatic heterocycles. The first-order valence-electron chi connectivity index (χ1n) is 5.09. The summed E-state index contributed by atoms with van der Waals surface area (Å²) in [4.78, 5) is 0. The molecule has 2 rings (SSSR count). The van der Waals surface area contributed by atoms with Gasteiger partial charge in [-0.1, -0.05) is 34.1 Å². The number of rotatable bonds is 2. The molecule has 2 aromatic rings. The van der Waals surface area contributed by atoms with Crippen LogP contribution in [0, 0.1) is 6.92 Å². The average molecular weight is 280 g/mol. The van der Waals surface area contributed by atoms with Crippen molar-refractivity contribution >= 4 is 15.9 Å². The normalized spacial score (nSPS) is 12.8. The first-order chi connectivity index (χ1) is 7.61. The Morgan fingerprint density at radius 1 is 1.38 bits per heavy atom. The monoisotopic (exact) mass is 279 g/mol. The fourth-order valence-electron chi connectivity index (χ4n) is 1.76. The van der Waals surface area contributed by atoms with E-state index in [9.17, 15) is 0 Å². The third-order valence-corrected chi connectivity index (χ3v) is 3.82. The molecule has 0 aliphatic heterocycles. The SMILES string of the molecule is Cc1cccc(C(N)c2ccnn2C)c1Br. The van der Waals surface area contributed by atoms with Gasteiger partial charge >= 0.3 is 0 Å². The van der Waals surface area contributed by atoms with Gasteiger partial charge in [0.25, 0.3) is 0 Å². The van der Waals surface area contributed by atoms with Crippen LogP contribution >= 0.6 is 15.9 Å². The molecule has 0 saturated heterocycles. The summed E-state index contributed by atoms with van der Waals surface area (Å²) in [6.07, 6.45) is 1.76. The Kier molecular flexibility index (Phi) is 3.12. The topological polar surface area (TPSA) is 43.8 Å². The minimum Gasteiger partial charge on any atom is -0.319 e. The lowest BCUT2D eigenvalue weighted by Gasteiger charge is -2.15. The van der Waals surface area contributed by atoms with Gasteiger partial charge in [0.05, 0.1) is 11.7 Å². The van der Waals surface area contributed by atoms with Crippen LogP contribution in [0.4, 0.5) is 0 Å². The van der Waals surface area contributed by atoms with Crippen LogP contribution in [0.1, 0.15) is 22.9 Å². The predicted molar refractivity (Wildman–Crippen MR) is 68.1 cm³/mol. The van der Waals surface area contributed by atoms with Gasteiger partial charge in [-0.3, -0.25) is 4.68 Å². The maximum absolute atomic E-state index is 6.24. The summed E-state index contributed by atoms with van der Waals surface area (Å²) < 4.78 is 2.88. The zero-order valence-corrected chi connectivity index (χ0v) is 10.9. The van der Waals surface area contributed by atoms with Crippen LogP contribution < -0.4 is 5.73 Å². The second-order valence-corrected chi connectivity index (χ2v) is 4.63. The minimum atomic E-state index is -0.151. The van der Waals surface area contributed by atoms with Crippen molar-refractivity contribution in [3.05, 3.63) is 51.8 Å². The average Bonchev–Trinajstić information content (AvgIpc) is 2.68. The Morgan fingerprint density at radius 2 is 2.12 bits per heavy atom. The lowest BCUT2D eigenvalue weighted by Crippen LogP contribution is -2.16. The molecule has 0 radical (unpaired) electrons. The molecule has 84 valence electrons. The van der Waals surface area contributed by atoms with Crippen LogP contribution in [0.25, 0.3) is 0 Å². The van der Waals surface area contributed by atoms with Gasteiger partial charge in [-0.25, -0.2) is 0 Å². The fourth-order valence-corrected chi connectivity index (χ4v) is 2.27. The highest BCUT2D eigenvalue weighted by atomic mass is 79.9. The molecule has 0 amide bonds. The van der Waals surface area contributed by atoms with Gasteiger partial charge in [-0.05, 0) is 24.1 Å². The Labute approximate surface area is 103 Å². The number of benzene rings is 1. The summed E-state index contributed by atoms with van der Waals surface area (Å²) in [7, 11) is 1.90. The molecule has 16 heavy (non-hydrogen) atoms. The molecule has 3 nitrogen and oxygen atoms in total. The molecule has 1 heterocycles. The summed E-state index contributed by atoms with van der Waals surface area (Å²) >= 11 is 3.58. The van der Waals surface area contributed by atoms with Crippen LogP contribution in [0.3, 0.4) is 0 Å². The molecule has 0 fully saturated rings. The number of aryl methyl sites for hydroxylation is 2. The largest absolute Gasteiger partial charge is 0.319 e. The highest BCUT2D eigenvalue weighted by Gasteiger charge is 2.15. The molecule has 1 atom stereocenters. The Balaban J connectivity index is 2.46. The fraction of sp³-hybridized carbons (Fsp3) is 0.250. The van der Waals surface area contributed by atoms with Gasteiger partial charge in [0.1, 0.15) is 0 Å². The number of nitrogens with zero attached hydrogens (tertiary/aromatic N) is 2. The maximum atomic E-state index is 6.24. The van der Waals surface area contributed by atoms with E-state index in [1.54, 1.807) is 10.9 Å². The van der Waals surface area contributed by atoms with Gasteiger partial charge in [0, 0.05) is 17.7 Å². The van der Waals surface area contributed by atoms with Gasteiger partial charge in [-0.15, -0.1) is 0 Å². The summed E-state index contributed by atoms with van der Waals surface area (Å²) in [6, 6.07) is 7.91. The molecular weight excluding hydrogens is 266 g/mol. The molecule has 0 saturated carbocycles. The van der Waals surface area contributed by atoms with Crippen LogP contribution in [-0.4, -0.2) is 9.78 Å². The molecular formula is C12H14BrN3. The molecule has 1 aromatic carbocycles. The van der Waals surface area contributed by atoms with Crippen molar-refractivity contribution < 1.29 is 0 Å². The van der Waals surface area contributed by atoms with Crippen molar-refractivity contribution in [2.75, 3.05) is 0 Å². The van der Waals surface area contributed by atoms with Crippen molar-refractivity contribution in [1.29, 1.82) is 0 Å². The van der Waals surface area contributed by atoms with Gasteiger partial charge < -0.3 is 5.73 Å². The molecule has 0 aliphatic rings. The van der Waals surface area contributed by atoms with E-state index in [2.05, 4.69) is 34.0 Å². The molecule has 0 bridgehead atoms. The first kappa shape index (κ1) is 11.4. The minimum absolute atomic E-state index is 0.151. The van der Waals surface area contributed by atoms with E-state index < -0.39 is 0 Å². The van der Waals surface area contributed by atoms with E-state index in [0.717, 1.165) is 15.7 Å². The first-order valence-corrected chi connectivity index (χ1v) is 5.89. The van der Waals surface area contributed by atoms with Gasteiger partial charge in [-0.2, -0.15) is 5.10 Å². The summed E-state index contributed by atoms with van der Waals surface area (Å²) in [5, 5.41) is 4.14. The summed E-state index contributed by atoms with van der Waals surface area (Å²) in [6.45, 7) is 2.06. The van der Waals surface area contributed by atoms with Crippen LogP contribution in [0.15, 0.2) is 34.9 Å². The van der Waals surface area contributed by atoms with Crippen LogP contribution in [0.2, 0.25) is 0 Å². The molecule has 0 aliphatic carbocycles. The third-order valence-electron chi connectivity index (χ3n) is 2.73. The third kappa shape index (κ3) is 1.90. The number of aromatic nitrogens is 2. The number of hydrogen-bond acceptors (Lipinski definition) is 2. The van der Waals surface area contributed by atoms with Crippen molar-refractivity contribution in [1.82, 2.24) is 9.78 Å². The standard InChI is InChI=1S/C12H14BrN3/c1-8-4-3-5-9(11(8)13)12(14)10-6-7-15-16(10)2/h3-7,12H,14H2,1-2H3. The highest BCUT2D eigenvalue weighted by Crippen LogP contribution is 2.28. The quantitative estimate of drug-likeness (QED) is 0.918. The number of nitrogens with two attached hydrogens (primary N) is 1. The number of halogens is 1. The molecule has 0 spiro atoms. The smallest absolute Gasteiger partial charge is 0.0734 e. The van der Waals surface area contributed by atoms with Crippen molar-refractivity contribution in [3.63, 3.8) is 0 Å². The predicted octanol–water partition coefficient (Wildman–Crippen LogP) is 2.54. The Morgan fingerprint density at radius 3 is 2.75 bits per heavy atom. The lowest BCUT2D eigenvalue weighted by molar-refractivity contribution is 0.671. The Bertz CT molecular complexity index is 505. The second kappa shape index (κ2) is 4.39. The van der Waals surface area contributed by atoms with Crippen molar-refractivity contribution in [2.45, 2.75) is 13.0 Å². The molecule has 1 unspecified atom stereocenters. The molecule has 2 N–H and O–H groups in total. The van der Waals surface area contributed by atoms with Crippen molar-refractivity contribution in [3.8, 4) is 0 Å². The van der Waals surface area contributed by atoms with E-state index in [1.807, 2.05) is 25.2 Å². The second-order valence-electron chi connectivity index (χ2n) is 3.84. The van der Waals surface area contributed by atoms with E-state index in [0.29, 0.717) is 0 Å². The number of hydrogen-bond donors (Lipinski definition) is 1. The van der Waals surface area contributed by atoms with Gasteiger partial charge in [0.2, 0.25) is 0 Å². The maximum Gasteiger partial charge on any atom is 0.0734 e. The molecule has 4 heteroatoms. The van der Waals surface area contributed by atoms with Crippen LogP contribution in [-0.2, 0) is 7.05 Å². The zero-order chi connectivity index (χ0) is 11.7. The van der Waals surface area contributed by atoms with Gasteiger partial charge in [0.15, 0.2) is 0 Å². The highest BCUT2D eigenvalue weighted by molar-refractivity contribution is 9.10. The van der Waals surface area contributed by atoms with E-state index >= 15 is 0 Å². The summed E-state index contributed by atoms with van der Waals surface area (Å²) in [5.41, 5.74) is 9.52. The van der Waals surface area contributed by atoms with E-state index in [-0.39, 0.29) is 6.04 Å². The van der Waals surface area contributed by atoms with E-state index in [4.69, 9.17) is 5.73 Å².